The second-order valence-electron chi connectivity index (χ2n) is 9.36. The lowest BCUT2D eigenvalue weighted by atomic mass is 10.1. The van der Waals surface area contributed by atoms with Crippen LogP contribution in [0.3, 0.4) is 0 Å². The topological polar surface area (TPSA) is 105 Å². The minimum Gasteiger partial charge on any atom is -0.484 e. The minimum absolute atomic E-state index is 0.0416. The molecule has 0 radical (unpaired) electrons. The van der Waals surface area contributed by atoms with Crippen molar-refractivity contribution in [2.75, 3.05) is 11.3 Å². The van der Waals surface area contributed by atoms with E-state index in [1.54, 1.807) is 19.1 Å². The van der Waals surface area contributed by atoms with Crippen molar-refractivity contribution in [2.24, 2.45) is 0 Å². The lowest BCUT2D eigenvalue weighted by Gasteiger charge is -2.29. The zero-order chi connectivity index (χ0) is 30.1. The average Bonchev–Trinajstić information content (AvgIpc) is 2.99. The van der Waals surface area contributed by atoms with E-state index in [4.69, 9.17) is 16.3 Å². The predicted molar refractivity (Wildman–Crippen MR) is 159 cm³/mol. The molecule has 1 unspecified atom stereocenters. The monoisotopic (exact) mass is 609 g/mol. The number of carbonyl (C=O) groups is 2. The number of hydrogen-bond donors (Lipinski definition) is 2. The number of anilines is 1. The van der Waals surface area contributed by atoms with Crippen LogP contribution in [0.1, 0.15) is 18.1 Å². The molecule has 0 aromatic heterocycles. The summed E-state index contributed by atoms with van der Waals surface area (Å²) in [4.78, 5) is 27.7. The molecule has 0 heterocycles. The van der Waals surface area contributed by atoms with Crippen molar-refractivity contribution in [3.8, 4) is 5.75 Å². The molecule has 0 aliphatic heterocycles. The van der Waals surface area contributed by atoms with Crippen LogP contribution in [0, 0.1) is 5.82 Å². The van der Waals surface area contributed by atoms with E-state index in [0.717, 1.165) is 23.3 Å². The number of amides is 2. The summed E-state index contributed by atoms with van der Waals surface area (Å²) in [5.41, 5.74) is 1.80. The van der Waals surface area contributed by atoms with E-state index in [-0.39, 0.29) is 41.9 Å². The molecule has 0 saturated carbocycles. The number of benzene rings is 4. The van der Waals surface area contributed by atoms with Gasteiger partial charge in [-0.1, -0.05) is 60.1 Å². The van der Waals surface area contributed by atoms with Gasteiger partial charge < -0.3 is 15.0 Å². The summed E-state index contributed by atoms with van der Waals surface area (Å²) in [7, 11) is -3.93. The first kappa shape index (κ1) is 30.5. The van der Waals surface area contributed by atoms with E-state index in [9.17, 15) is 22.4 Å². The smallest absolute Gasteiger partial charge is 0.261 e. The van der Waals surface area contributed by atoms with Gasteiger partial charge in [-0.3, -0.25) is 14.3 Å². The van der Waals surface area contributed by atoms with Gasteiger partial charge in [0.2, 0.25) is 5.91 Å². The predicted octanol–water partition coefficient (Wildman–Crippen LogP) is 5.39. The Labute approximate surface area is 249 Å². The van der Waals surface area contributed by atoms with Gasteiger partial charge in [0.15, 0.2) is 6.61 Å². The van der Waals surface area contributed by atoms with Gasteiger partial charge in [0.25, 0.3) is 15.9 Å². The summed E-state index contributed by atoms with van der Waals surface area (Å²) >= 11 is 6.20. The van der Waals surface area contributed by atoms with Gasteiger partial charge in [0, 0.05) is 23.8 Å². The van der Waals surface area contributed by atoms with Crippen LogP contribution in [-0.2, 0) is 32.7 Å². The van der Waals surface area contributed by atoms with Crippen molar-refractivity contribution >= 4 is 39.1 Å². The number of carbonyl (C=O) groups excluding carboxylic acids is 2. The third kappa shape index (κ3) is 8.31. The average molecular weight is 610 g/mol. The number of nitrogens with zero attached hydrogens (tertiary/aromatic N) is 1. The van der Waals surface area contributed by atoms with Crippen molar-refractivity contribution in [2.45, 2.75) is 31.0 Å². The van der Waals surface area contributed by atoms with Crippen molar-refractivity contribution in [1.82, 2.24) is 10.2 Å². The second-order valence-corrected chi connectivity index (χ2v) is 11.5. The van der Waals surface area contributed by atoms with E-state index >= 15 is 0 Å². The highest BCUT2D eigenvalue weighted by Gasteiger charge is 2.26. The standard InChI is InChI=1S/C31H29ClFN3O5S/c1-22(31(38)34-19-24-9-5-6-10-29(24)32)36(20-23-7-3-2-4-8-23)30(37)21-41-27-15-17-28(18-16-27)42(39,40)35-26-13-11-25(33)12-14-26/h2-18,22,35H,19-21H2,1H3,(H,34,38). The van der Waals surface area contributed by atoms with Crippen LogP contribution >= 0.6 is 11.6 Å². The van der Waals surface area contributed by atoms with Crippen LogP contribution in [0.25, 0.3) is 0 Å². The van der Waals surface area contributed by atoms with E-state index < -0.39 is 27.8 Å². The Morgan fingerprint density at radius 2 is 1.55 bits per heavy atom. The van der Waals surface area contributed by atoms with Crippen LogP contribution in [-0.4, -0.2) is 37.8 Å². The summed E-state index contributed by atoms with van der Waals surface area (Å²) in [5.74, 6) is -1.01. The molecule has 4 rings (SSSR count). The van der Waals surface area contributed by atoms with Crippen LogP contribution < -0.4 is 14.8 Å². The molecule has 8 nitrogen and oxygen atoms in total. The first-order valence-electron chi connectivity index (χ1n) is 13.0. The van der Waals surface area contributed by atoms with Gasteiger partial charge in [-0.2, -0.15) is 0 Å². The number of halogens is 2. The highest BCUT2D eigenvalue weighted by Crippen LogP contribution is 2.20. The molecule has 0 spiro atoms. The number of rotatable bonds is 12. The van der Waals surface area contributed by atoms with E-state index in [1.807, 2.05) is 42.5 Å². The van der Waals surface area contributed by atoms with Gasteiger partial charge in [-0.05, 0) is 72.6 Å². The van der Waals surface area contributed by atoms with Gasteiger partial charge >= 0.3 is 0 Å². The molecule has 0 bridgehead atoms. The third-order valence-corrected chi connectivity index (χ3v) is 8.13. The number of sulfonamides is 1. The summed E-state index contributed by atoms with van der Waals surface area (Å²) < 4.78 is 46.5. The quantitative estimate of drug-likeness (QED) is 0.224. The fourth-order valence-corrected chi connectivity index (χ4v) is 5.27. The molecule has 0 aliphatic rings. The van der Waals surface area contributed by atoms with Gasteiger partial charge in [-0.15, -0.1) is 0 Å². The normalized spacial score (nSPS) is 11.8. The number of ether oxygens (including phenoxy) is 1. The van der Waals surface area contributed by atoms with Crippen molar-refractivity contribution in [3.05, 3.63) is 125 Å². The van der Waals surface area contributed by atoms with Crippen molar-refractivity contribution in [3.63, 3.8) is 0 Å². The molecule has 218 valence electrons. The Kier molecular flexibility index (Phi) is 10.2. The SMILES string of the molecule is CC(C(=O)NCc1ccccc1Cl)N(Cc1ccccc1)C(=O)COc1ccc(S(=O)(=O)Nc2ccc(F)cc2)cc1. The molecular formula is C31H29ClFN3O5S. The molecule has 0 fully saturated rings. The highest BCUT2D eigenvalue weighted by atomic mass is 35.5. The fraction of sp³-hybridized carbons (Fsp3) is 0.161. The maximum absolute atomic E-state index is 13.3. The van der Waals surface area contributed by atoms with Crippen molar-refractivity contribution < 1.29 is 27.1 Å². The Balaban J connectivity index is 1.41. The fourth-order valence-electron chi connectivity index (χ4n) is 4.01. The molecule has 0 saturated heterocycles. The Bertz CT molecular complexity index is 1620. The molecule has 2 amide bonds. The van der Waals surface area contributed by atoms with Crippen LogP contribution in [0.5, 0.6) is 5.75 Å². The number of hydrogen-bond acceptors (Lipinski definition) is 5. The zero-order valence-electron chi connectivity index (χ0n) is 22.7. The second kappa shape index (κ2) is 14.0. The molecule has 2 N–H and O–H groups in total. The molecule has 1 atom stereocenters. The van der Waals surface area contributed by atoms with Crippen LogP contribution in [0.4, 0.5) is 10.1 Å². The van der Waals surface area contributed by atoms with Gasteiger partial charge in [0.1, 0.15) is 17.6 Å². The van der Waals surface area contributed by atoms with Crippen LogP contribution in [0.2, 0.25) is 5.02 Å². The van der Waals surface area contributed by atoms with Crippen molar-refractivity contribution in [1.29, 1.82) is 0 Å². The largest absolute Gasteiger partial charge is 0.484 e. The maximum Gasteiger partial charge on any atom is 0.261 e. The lowest BCUT2D eigenvalue weighted by molar-refractivity contribution is -0.142. The van der Waals surface area contributed by atoms with Gasteiger partial charge in [-0.25, -0.2) is 12.8 Å². The first-order valence-corrected chi connectivity index (χ1v) is 14.8. The molecular weight excluding hydrogens is 581 g/mol. The molecule has 4 aromatic carbocycles. The first-order chi connectivity index (χ1) is 20.1. The lowest BCUT2D eigenvalue weighted by Crippen LogP contribution is -2.48. The number of nitrogens with one attached hydrogen (secondary N) is 2. The molecule has 11 heteroatoms. The van der Waals surface area contributed by atoms with Crippen LogP contribution in [0.15, 0.2) is 108 Å². The third-order valence-electron chi connectivity index (χ3n) is 6.37. The summed E-state index contributed by atoms with van der Waals surface area (Å²) in [6, 6.07) is 26.0. The molecule has 42 heavy (non-hydrogen) atoms. The molecule has 0 aliphatic carbocycles. The summed E-state index contributed by atoms with van der Waals surface area (Å²) in [5, 5.41) is 3.36. The summed E-state index contributed by atoms with van der Waals surface area (Å²) in [6.07, 6.45) is 0. The molecule has 4 aromatic rings. The maximum atomic E-state index is 13.3. The summed E-state index contributed by atoms with van der Waals surface area (Å²) in [6.45, 7) is 1.64. The zero-order valence-corrected chi connectivity index (χ0v) is 24.2. The minimum atomic E-state index is -3.93. The van der Waals surface area contributed by atoms with E-state index in [2.05, 4.69) is 10.0 Å². The Morgan fingerprint density at radius 3 is 2.21 bits per heavy atom. The van der Waals surface area contributed by atoms with E-state index in [1.165, 1.54) is 41.3 Å². The van der Waals surface area contributed by atoms with Gasteiger partial charge in [0.05, 0.1) is 4.90 Å². The Hall–Kier alpha value is -4.41. The van der Waals surface area contributed by atoms with E-state index in [0.29, 0.717) is 5.02 Å². The Morgan fingerprint density at radius 1 is 0.905 bits per heavy atom. The highest BCUT2D eigenvalue weighted by molar-refractivity contribution is 7.92.